The van der Waals surface area contributed by atoms with Crippen molar-refractivity contribution in [2.75, 3.05) is 14.7 Å². The Kier molecular flexibility index (Phi) is 8.89. The summed E-state index contributed by atoms with van der Waals surface area (Å²) in [4.78, 5) is 25.5. The molecule has 0 amide bonds. The lowest BCUT2D eigenvalue weighted by molar-refractivity contribution is 1.16. The summed E-state index contributed by atoms with van der Waals surface area (Å²) >= 11 is 5.45. The maximum absolute atomic E-state index is 5.55. The van der Waals surface area contributed by atoms with Crippen molar-refractivity contribution in [2.45, 2.75) is 29.4 Å². The van der Waals surface area contributed by atoms with Gasteiger partial charge in [0.2, 0.25) is 0 Å². The van der Waals surface area contributed by atoms with Gasteiger partial charge in [-0.2, -0.15) is 0 Å². The van der Waals surface area contributed by atoms with E-state index in [-0.39, 0.29) is 0 Å². The number of anilines is 9. The molecule has 0 radical (unpaired) electrons. The summed E-state index contributed by atoms with van der Waals surface area (Å²) in [7, 11) is 0. The van der Waals surface area contributed by atoms with Crippen molar-refractivity contribution in [2.24, 2.45) is 0 Å². The van der Waals surface area contributed by atoms with Gasteiger partial charge in [-0.05, 0) is 115 Å². The zero-order valence-corrected chi connectivity index (χ0v) is 36.6. The molecule has 0 saturated heterocycles. The number of aromatic nitrogens is 2. The number of hydrogen-bond acceptors (Lipinski definition) is 8. The van der Waals surface area contributed by atoms with E-state index in [4.69, 9.17) is 9.97 Å². The minimum Gasteiger partial charge on any atom is -0.308 e. The van der Waals surface area contributed by atoms with Gasteiger partial charge < -0.3 is 14.7 Å². The average molecular weight is 874 g/mol. The molecular weight excluding hydrogens is 839 g/mol. The van der Waals surface area contributed by atoms with E-state index in [0.717, 1.165) is 62.0 Å². The zero-order valence-electron chi connectivity index (χ0n) is 34.2. The lowest BCUT2D eigenvalue weighted by Gasteiger charge is -2.33. The number of hydrogen-bond donors (Lipinski definition) is 0. The summed E-state index contributed by atoms with van der Waals surface area (Å²) in [5, 5.41) is 0. The van der Waals surface area contributed by atoms with E-state index in [1.165, 1.54) is 52.1 Å². The summed E-state index contributed by atoms with van der Waals surface area (Å²) in [6.45, 7) is 0. The average Bonchev–Trinajstić information content (AvgIpc) is 3.36. The van der Waals surface area contributed by atoms with E-state index < -0.39 is 0 Å². The molecule has 3 aliphatic heterocycles. The molecule has 0 N–H and O–H groups in total. The first kappa shape index (κ1) is 37.3. The van der Waals surface area contributed by atoms with E-state index in [9.17, 15) is 0 Å². The van der Waals surface area contributed by atoms with Crippen molar-refractivity contribution < 1.29 is 0 Å². The highest BCUT2D eigenvalue weighted by molar-refractivity contribution is 8.00. The van der Waals surface area contributed by atoms with Crippen molar-refractivity contribution in [3.63, 3.8) is 0 Å². The molecule has 0 unspecified atom stereocenters. The highest BCUT2D eigenvalue weighted by Gasteiger charge is 2.28. The van der Waals surface area contributed by atoms with E-state index in [2.05, 4.69) is 227 Å². The maximum atomic E-state index is 5.55. The number of rotatable bonds is 5. The fourth-order valence-electron chi connectivity index (χ4n) is 9.07. The predicted octanol–water partition coefficient (Wildman–Crippen LogP) is 16.8. The van der Waals surface area contributed by atoms with Crippen LogP contribution in [0.25, 0.3) is 33.5 Å². The minimum absolute atomic E-state index is 0.832. The molecule has 8 heteroatoms. The molecule has 0 atom stereocenters. The van der Waals surface area contributed by atoms with Gasteiger partial charge in [-0.1, -0.05) is 132 Å². The second kappa shape index (κ2) is 15.2. The number of nitrogens with zero attached hydrogens (tertiary/aromatic N) is 5. The molecule has 0 aliphatic carbocycles. The first-order valence-corrected chi connectivity index (χ1v) is 23.7. The number of fused-ring (bicyclic) bond motifs is 7. The van der Waals surface area contributed by atoms with Crippen molar-refractivity contribution in [1.29, 1.82) is 0 Å². The van der Waals surface area contributed by atoms with Crippen LogP contribution in [0.1, 0.15) is 0 Å². The second-order valence-corrected chi connectivity index (χ2v) is 19.1. The molecule has 302 valence electrons. The van der Waals surface area contributed by atoms with Gasteiger partial charge in [-0.15, -0.1) is 0 Å². The van der Waals surface area contributed by atoms with Crippen LogP contribution in [0.2, 0.25) is 0 Å². The maximum Gasteiger partial charge on any atom is 0.0973 e. The topological polar surface area (TPSA) is 35.5 Å². The molecule has 0 fully saturated rings. The largest absolute Gasteiger partial charge is 0.308 e. The van der Waals surface area contributed by atoms with Crippen LogP contribution >= 0.6 is 35.3 Å². The van der Waals surface area contributed by atoms with Gasteiger partial charge in [0.1, 0.15) is 0 Å². The molecule has 3 aliphatic rings. The first-order valence-electron chi connectivity index (χ1n) is 21.2. The van der Waals surface area contributed by atoms with Crippen LogP contribution in [0.5, 0.6) is 0 Å². The van der Waals surface area contributed by atoms with Crippen LogP contribution in [0.3, 0.4) is 0 Å². The molecule has 9 aromatic carbocycles. The summed E-state index contributed by atoms with van der Waals surface area (Å²) in [6.07, 6.45) is 0. The SMILES string of the molecule is c1ccc2c(c1)Sc1ccccc1N2c1ccc(-c2nc3ccc(N4c5ccccc5Sc5ccccc54)cc3nc2-c2ccc(N3c4ccccc4Sc4ccccc43)cc2)cc1. The Morgan fingerprint density at radius 2 is 0.547 bits per heavy atom. The summed E-state index contributed by atoms with van der Waals surface area (Å²) in [6, 6.07) is 76.0. The van der Waals surface area contributed by atoms with E-state index >= 15 is 0 Å². The molecule has 0 saturated carbocycles. The summed E-state index contributed by atoms with van der Waals surface area (Å²) in [5.74, 6) is 0. The lowest BCUT2D eigenvalue weighted by Crippen LogP contribution is -2.15. The summed E-state index contributed by atoms with van der Waals surface area (Å²) in [5.41, 5.74) is 15.6. The molecule has 64 heavy (non-hydrogen) atoms. The quantitative estimate of drug-likeness (QED) is 0.169. The van der Waals surface area contributed by atoms with Gasteiger partial charge in [-0.25, -0.2) is 9.97 Å². The van der Waals surface area contributed by atoms with E-state index in [1.54, 1.807) is 0 Å². The lowest BCUT2D eigenvalue weighted by atomic mass is 10.0. The van der Waals surface area contributed by atoms with Crippen LogP contribution in [0.4, 0.5) is 51.2 Å². The van der Waals surface area contributed by atoms with Crippen LogP contribution in [0, 0.1) is 0 Å². The molecule has 1 aromatic heterocycles. The Labute approximate surface area is 384 Å². The Hall–Kier alpha value is -7.23. The molecule has 4 heterocycles. The third-order valence-electron chi connectivity index (χ3n) is 12.0. The monoisotopic (exact) mass is 873 g/mol. The third kappa shape index (κ3) is 6.20. The van der Waals surface area contributed by atoms with E-state index in [0.29, 0.717) is 0 Å². The predicted molar refractivity (Wildman–Crippen MR) is 267 cm³/mol. The van der Waals surface area contributed by atoms with Gasteiger partial charge in [0.15, 0.2) is 0 Å². The fraction of sp³-hybridized carbons (Fsp3) is 0. The molecule has 10 aromatic rings. The van der Waals surface area contributed by atoms with Crippen LogP contribution in [0.15, 0.2) is 242 Å². The Morgan fingerprint density at radius 1 is 0.266 bits per heavy atom. The highest BCUT2D eigenvalue weighted by Crippen LogP contribution is 2.54. The Balaban J connectivity index is 0.952. The van der Waals surface area contributed by atoms with Crippen molar-refractivity contribution >= 4 is 97.5 Å². The van der Waals surface area contributed by atoms with Crippen molar-refractivity contribution in [1.82, 2.24) is 9.97 Å². The highest BCUT2D eigenvalue weighted by atomic mass is 32.2. The normalized spacial score (nSPS) is 13.3. The molecular formula is C56H35N5S3. The smallest absolute Gasteiger partial charge is 0.0973 e. The Bertz CT molecular complexity index is 3330. The van der Waals surface area contributed by atoms with Gasteiger partial charge in [0.25, 0.3) is 0 Å². The van der Waals surface area contributed by atoms with Crippen LogP contribution in [-0.2, 0) is 0 Å². The fourth-order valence-corrected chi connectivity index (χ4v) is 12.2. The molecule has 13 rings (SSSR count). The van der Waals surface area contributed by atoms with E-state index in [1.807, 2.05) is 35.3 Å². The summed E-state index contributed by atoms with van der Waals surface area (Å²) < 4.78 is 0. The second-order valence-electron chi connectivity index (χ2n) is 15.8. The standard InChI is InChI=1S/C56H35N5S3/c1-7-19-49-43(13-1)59(44-14-2-8-20-50(44)62-49)38-29-25-36(26-30-38)55-56(37-27-31-39(32-28-37)60-45-15-3-9-21-51(45)63-52-22-10-4-16-46(52)60)58-42-35-40(33-34-41(42)57-55)61-47-17-5-11-23-53(47)64-54-24-12-6-18-48(54)61/h1-35H. The van der Waals surface area contributed by atoms with Gasteiger partial charge in [-0.3, -0.25) is 0 Å². The zero-order chi connectivity index (χ0) is 42.1. The number of benzene rings is 9. The molecule has 5 nitrogen and oxygen atoms in total. The molecule has 0 bridgehead atoms. The van der Waals surface area contributed by atoms with Crippen molar-refractivity contribution in [3.8, 4) is 22.5 Å². The first-order chi connectivity index (χ1) is 31.7. The van der Waals surface area contributed by atoms with Gasteiger partial charge in [0.05, 0.1) is 56.5 Å². The van der Waals surface area contributed by atoms with Crippen LogP contribution < -0.4 is 14.7 Å². The van der Waals surface area contributed by atoms with Gasteiger partial charge >= 0.3 is 0 Å². The van der Waals surface area contributed by atoms with Gasteiger partial charge in [0, 0.05) is 57.6 Å². The Morgan fingerprint density at radius 3 is 0.891 bits per heavy atom. The molecule has 0 spiro atoms. The van der Waals surface area contributed by atoms with Crippen molar-refractivity contribution in [3.05, 3.63) is 212 Å². The minimum atomic E-state index is 0.832. The van der Waals surface area contributed by atoms with Crippen LogP contribution in [-0.4, -0.2) is 9.97 Å². The number of para-hydroxylation sites is 6. The third-order valence-corrected chi connectivity index (χ3v) is 15.4.